The number of carboxylic acid groups (broad SMARTS) is 1. The van der Waals surface area contributed by atoms with Gasteiger partial charge in [-0.3, -0.25) is 34.4 Å². The number of carboxylic acids is 1. The number of anilines is 2. The molecular weight excluding hydrogens is 465 g/mol. The molecule has 2 aromatic rings. The molecule has 4 rings (SSSR count). The first-order chi connectivity index (χ1) is 16.6. The first-order valence-electron chi connectivity index (χ1n) is 10.5. The third kappa shape index (κ3) is 4.23. The number of carbonyl (C=O) groups excluding carboxylic acids is 3. The van der Waals surface area contributed by atoms with Crippen molar-refractivity contribution in [2.45, 2.75) is 13.5 Å². The number of nitro benzene ring substituents is 1. The number of carbonyl (C=O) groups is 4. The molecule has 0 bridgehead atoms. The van der Waals surface area contributed by atoms with Crippen molar-refractivity contribution in [2.24, 2.45) is 5.92 Å². The maximum Gasteiger partial charge on any atom is 0.331 e. The van der Waals surface area contributed by atoms with Gasteiger partial charge < -0.3 is 10.4 Å². The fourth-order valence-corrected chi connectivity index (χ4v) is 4.11. The van der Waals surface area contributed by atoms with Crippen molar-refractivity contribution in [3.8, 4) is 0 Å². The van der Waals surface area contributed by atoms with E-state index in [0.29, 0.717) is 11.4 Å². The lowest BCUT2D eigenvalue weighted by Crippen LogP contribution is -2.58. The minimum absolute atomic E-state index is 0.00429. The van der Waals surface area contributed by atoms with Gasteiger partial charge in [-0.05, 0) is 30.7 Å². The van der Waals surface area contributed by atoms with Gasteiger partial charge >= 0.3 is 18.0 Å². The van der Waals surface area contributed by atoms with E-state index >= 15 is 0 Å². The number of halogens is 1. The molecular formula is C22H20FN5O7. The monoisotopic (exact) mass is 485 g/mol. The molecule has 0 radical (unpaired) electrons. The molecule has 182 valence electrons. The Bertz CT molecular complexity index is 1270. The zero-order valence-corrected chi connectivity index (χ0v) is 18.4. The molecule has 35 heavy (non-hydrogen) atoms. The molecule has 1 atom stereocenters. The van der Waals surface area contributed by atoms with E-state index in [9.17, 15) is 38.8 Å². The topological polar surface area (TPSA) is 153 Å². The fraction of sp³-hybridized carbons (Fsp3) is 0.273. The number of aliphatic carboxylic acids is 1. The van der Waals surface area contributed by atoms with Crippen LogP contribution < -0.4 is 15.1 Å². The molecule has 2 N–H and O–H groups in total. The highest BCUT2D eigenvalue weighted by atomic mass is 19.1. The second kappa shape index (κ2) is 9.00. The Morgan fingerprint density at radius 2 is 1.97 bits per heavy atom. The second-order valence-electron chi connectivity index (χ2n) is 8.05. The van der Waals surface area contributed by atoms with Crippen LogP contribution in [0.25, 0.3) is 0 Å². The summed E-state index contributed by atoms with van der Waals surface area (Å²) in [5.74, 6) is -4.88. The summed E-state index contributed by atoms with van der Waals surface area (Å²) in [5, 5.41) is 23.4. The first kappa shape index (κ1) is 23.6. The quantitative estimate of drug-likeness (QED) is 0.361. The van der Waals surface area contributed by atoms with E-state index in [2.05, 4.69) is 5.32 Å². The molecule has 2 fully saturated rings. The van der Waals surface area contributed by atoms with Crippen molar-refractivity contribution in [3.63, 3.8) is 0 Å². The molecule has 5 amide bonds. The average molecular weight is 485 g/mol. The van der Waals surface area contributed by atoms with Crippen LogP contribution in [0.1, 0.15) is 11.1 Å². The summed E-state index contributed by atoms with van der Waals surface area (Å²) in [4.78, 5) is 63.3. The summed E-state index contributed by atoms with van der Waals surface area (Å²) < 4.78 is 14.9. The summed E-state index contributed by atoms with van der Waals surface area (Å²) in [7, 11) is 0. The smallest absolute Gasteiger partial charge is 0.331 e. The molecule has 12 nitrogen and oxygen atoms in total. The zero-order chi connectivity index (χ0) is 25.4. The summed E-state index contributed by atoms with van der Waals surface area (Å²) >= 11 is 0. The van der Waals surface area contributed by atoms with E-state index in [1.165, 1.54) is 42.2 Å². The summed E-state index contributed by atoms with van der Waals surface area (Å²) in [6.45, 7) is 1.13. The van der Waals surface area contributed by atoms with Gasteiger partial charge in [0, 0.05) is 37.0 Å². The Labute approximate surface area is 197 Å². The molecule has 13 heteroatoms. The Kier molecular flexibility index (Phi) is 6.07. The first-order valence-corrected chi connectivity index (χ1v) is 10.5. The summed E-state index contributed by atoms with van der Waals surface area (Å²) in [5.41, 5.74) is 0.281. The van der Waals surface area contributed by atoms with Gasteiger partial charge in [0.15, 0.2) is 5.92 Å². The van der Waals surface area contributed by atoms with E-state index in [-0.39, 0.29) is 34.7 Å². The number of rotatable bonds is 6. The maximum atomic E-state index is 14.9. The van der Waals surface area contributed by atoms with Crippen LogP contribution in [0.15, 0.2) is 36.4 Å². The number of urea groups is 2. The van der Waals surface area contributed by atoms with Crippen molar-refractivity contribution < 1.29 is 33.6 Å². The molecule has 0 spiro atoms. The van der Waals surface area contributed by atoms with Crippen molar-refractivity contribution >= 4 is 41.0 Å². The van der Waals surface area contributed by atoms with Crippen LogP contribution in [0, 0.1) is 28.8 Å². The van der Waals surface area contributed by atoms with Crippen molar-refractivity contribution in [3.05, 3.63) is 63.5 Å². The molecule has 1 unspecified atom stereocenters. The molecule has 2 aliphatic rings. The fourth-order valence-electron chi connectivity index (χ4n) is 4.11. The van der Waals surface area contributed by atoms with Crippen LogP contribution in [0.5, 0.6) is 0 Å². The standard InChI is InChI=1S/C22H20FN5O7/c1-12-13(3-2-4-17(12)28(34)35)10-27-19(29)15(20(30)31)11-26(22(27)33)14-5-6-18(16(23)9-14)25-8-7-24-21(25)32/h2-6,9,15H,7-8,10-11H2,1H3,(H,24,32)(H,30,31). The van der Waals surface area contributed by atoms with Crippen LogP contribution in [0.4, 0.5) is 31.0 Å². The molecule has 2 aromatic carbocycles. The van der Waals surface area contributed by atoms with Gasteiger partial charge in [0.25, 0.3) is 5.69 Å². The third-order valence-electron chi connectivity index (χ3n) is 6.02. The maximum absolute atomic E-state index is 14.9. The van der Waals surface area contributed by atoms with Gasteiger partial charge in [-0.2, -0.15) is 0 Å². The molecule has 0 aromatic heterocycles. The predicted octanol–water partition coefficient (Wildman–Crippen LogP) is 2.24. The number of hydrogen-bond donors (Lipinski definition) is 2. The average Bonchev–Trinajstić information content (AvgIpc) is 3.22. The Balaban J connectivity index is 1.68. The lowest BCUT2D eigenvalue weighted by Gasteiger charge is -2.37. The van der Waals surface area contributed by atoms with E-state index in [1.807, 2.05) is 0 Å². The second-order valence-corrected chi connectivity index (χ2v) is 8.05. The Hall–Kier alpha value is -4.55. The van der Waals surface area contributed by atoms with Crippen LogP contribution >= 0.6 is 0 Å². The van der Waals surface area contributed by atoms with E-state index < -0.39 is 53.7 Å². The van der Waals surface area contributed by atoms with Crippen molar-refractivity contribution in [1.82, 2.24) is 10.2 Å². The van der Waals surface area contributed by atoms with Gasteiger partial charge in [0.1, 0.15) is 5.82 Å². The number of nitrogens with one attached hydrogen (secondary N) is 1. The van der Waals surface area contributed by atoms with Crippen LogP contribution in [-0.4, -0.2) is 58.5 Å². The SMILES string of the molecule is Cc1c(CN2C(=O)C(C(=O)O)CN(c3ccc(N4CCNC4=O)c(F)c3)C2=O)cccc1[N+](=O)[O-]. The van der Waals surface area contributed by atoms with Crippen LogP contribution in [0.2, 0.25) is 0 Å². The van der Waals surface area contributed by atoms with E-state index in [0.717, 1.165) is 11.0 Å². The largest absolute Gasteiger partial charge is 0.481 e. The highest BCUT2D eigenvalue weighted by molar-refractivity contribution is 6.12. The van der Waals surface area contributed by atoms with Crippen LogP contribution in [-0.2, 0) is 16.1 Å². The predicted molar refractivity (Wildman–Crippen MR) is 119 cm³/mol. The van der Waals surface area contributed by atoms with Gasteiger partial charge in [-0.15, -0.1) is 0 Å². The Morgan fingerprint density at radius 3 is 2.57 bits per heavy atom. The number of hydrogen-bond acceptors (Lipinski definition) is 6. The lowest BCUT2D eigenvalue weighted by molar-refractivity contribution is -0.385. The third-order valence-corrected chi connectivity index (χ3v) is 6.02. The highest BCUT2D eigenvalue weighted by Gasteiger charge is 2.44. The number of amides is 5. The van der Waals surface area contributed by atoms with Gasteiger partial charge in [0.05, 0.1) is 17.2 Å². The van der Waals surface area contributed by atoms with Gasteiger partial charge in [0.2, 0.25) is 5.91 Å². The van der Waals surface area contributed by atoms with E-state index in [4.69, 9.17) is 0 Å². The number of imide groups is 1. The zero-order valence-electron chi connectivity index (χ0n) is 18.4. The number of nitro groups is 1. The number of nitrogens with zero attached hydrogens (tertiary/aromatic N) is 4. The molecule has 2 saturated heterocycles. The van der Waals surface area contributed by atoms with Crippen molar-refractivity contribution in [2.75, 3.05) is 29.4 Å². The Morgan fingerprint density at radius 1 is 1.23 bits per heavy atom. The number of benzene rings is 2. The summed E-state index contributed by atoms with van der Waals surface area (Å²) in [6.07, 6.45) is 0. The minimum atomic E-state index is -1.63. The summed E-state index contributed by atoms with van der Waals surface area (Å²) in [6, 6.07) is 6.43. The van der Waals surface area contributed by atoms with E-state index in [1.54, 1.807) is 0 Å². The highest BCUT2D eigenvalue weighted by Crippen LogP contribution is 2.31. The lowest BCUT2D eigenvalue weighted by atomic mass is 10.0. The molecule has 2 aliphatic heterocycles. The molecule has 2 heterocycles. The van der Waals surface area contributed by atoms with Gasteiger partial charge in [-0.1, -0.05) is 12.1 Å². The van der Waals surface area contributed by atoms with Crippen LogP contribution in [0.3, 0.4) is 0 Å². The normalized spacial score (nSPS) is 18.2. The molecule has 0 saturated carbocycles. The molecule has 0 aliphatic carbocycles. The van der Waals surface area contributed by atoms with Crippen molar-refractivity contribution in [1.29, 1.82) is 0 Å². The van der Waals surface area contributed by atoms with Gasteiger partial charge in [-0.25, -0.2) is 14.0 Å². The minimum Gasteiger partial charge on any atom is -0.481 e.